The van der Waals surface area contributed by atoms with Gasteiger partial charge in [-0.15, -0.1) is 0 Å². The fourth-order valence-corrected chi connectivity index (χ4v) is 3.27. The van der Waals surface area contributed by atoms with Gasteiger partial charge < -0.3 is 9.30 Å². The summed E-state index contributed by atoms with van der Waals surface area (Å²) in [4.78, 5) is 9.98. The molecule has 0 aromatic carbocycles. The third-order valence-electron chi connectivity index (χ3n) is 3.37. The Bertz CT molecular complexity index is 613. The average molecular weight is 363 g/mol. The van der Waals surface area contributed by atoms with E-state index in [9.17, 15) is 24.2 Å². The van der Waals surface area contributed by atoms with E-state index in [0.717, 1.165) is 11.7 Å². The van der Waals surface area contributed by atoms with Gasteiger partial charge in [0.15, 0.2) is 0 Å². The van der Waals surface area contributed by atoms with Crippen LogP contribution in [0.15, 0.2) is 11.1 Å². The van der Waals surface area contributed by atoms with Crippen molar-refractivity contribution in [3.8, 4) is 0 Å². The van der Waals surface area contributed by atoms with E-state index in [1.165, 1.54) is 20.8 Å². The number of ether oxygens (including phenoxy) is 1. The fraction of sp³-hybridized carbons (Fsp3) is 0.643. The standard InChI is InChI=1S/C14H22F5NO2S/c1-6-7-8-10-11(23(15,16,17,18)19)9-20(14(2,3)4)12(10)13(21)22-5/h9H,6-8H2,1-5H3. The van der Waals surface area contributed by atoms with Gasteiger partial charge in [0.05, 0.1) is 7.11 Å². The zero-order valence-corrected chi connectivity index (χ0v) is 14.6. The summed E-state index contributed by atoms with van der Waals surface area (Å²) in [7, 11) is -8.92. The van der Waals surface area contributed by atoms with Crippen LogP contribution in [-0.2, 0) is 16.7 Å². The molecule has 3 nitrogen and oxygen atoms in total. The maximum Gasteiger partial charge on any atom is 0.355 e. The van der Waals surface area contributed by atoms with Crippen molar-refractivity contribution >= 4 is 16.2 Å². The second-order valence-corrected chi connectivity index (χ2v) is 8.80. The van der Waals surface area contributed by atoms with Gasteiger partial charge in [-0.3, -0.25) is 0 Å². The molecule has 0 N–H and O–H groups in total. The number of hydrogen-bond acceptors (Lipinski definition) is 2. The Morgan fingerprint density at radius 3 is 2.09 bits per heavy atom. The number of rotatable bonds is 5. The minimum atomic E-state index is -9.93. The summed E-state index contributed by atoms with van der Waals surface area (Å²) in [6.45, 7) is 6.30. The van der Waals surface area contributed by atoms with E-state index in [1.807, 2.05) is 0 Å². The number of nitrogens with zero attached hydrogens (tertiary/aromatic N) is 1. The molecule has 1 rings (SSSR count). The number of unbranched alkanes of at least 4 members (excludes halogenated alkanes) is 1. The minimum Gasteiger partial charge on any atom is -0.464 e. The molecular weight excluding hydrogens is 341 g/mol. The average Bonchev–Trinajstić information content (AvgIpc) is 2.73. The predicted molar refractivity (Wildman–Crippen MR) is 80.8 cm³/mol. The Balaban J connectivity index is 3.86. The molecule has 0 fully saturated rings. The molecule has 1 aromatic heterocycles. The first-order valence-electron chi connectivity index (χ1n) is 7.10. The molecule has 0 saturated carbocycles. The lowest BCUT2D eigenvalue weighted by molar-refractivity contribution is 0.0580. The molecule has 0 aliphatic heterocycles. The van der Waals surface area contributed by atoms with Crippen molar-refractivity contribution in [2.75, 3.05) is 7.11 Å². The molecule has 0 unspecified atom stereocenters. The zero-order chi connectivity index (χ0) is 18.3. The van der Waals surface area contributed by atoms with Crippen molar-refractivity contribution in [3.63, 3.8) is 0 Å². The lowest BCUT2D eigenvalue weighted by Crippen LogP contribution is -2.26. The Hall–Kier alpha value is -1.25. The van der Waals surface area contributed by atoms with E-state index >= 15 is 0 Å². The van der Waals surface area contributed by atoms with Crippen LogP contribution < -0.4 is 0 Å². The highest BCUT2D eigenvalue weighted by atomic mass is 32.5. The first-order chi connectivity index (χ1) is 10.0. The highest BCUT2D eigenvalue weighted by Gasteiger charge is 2.67. The first kappa shape index (κ1) is 19.8. The van der Waals surface area contributed by atoms with Gasteiger partial charge in [0.1, 0.15) is 10.6 Å². The van der Waals surface area contributed by atoms with E-state index in [4.69, 9.17) is 0 Å². The summed E-state index contributed by atoms with van der Waals surface area (Å²) in [6.07, 6.45) is 0.823. The zero-order valence-electron chi connectivity index (χ0n) is 13.8. The van der Waals surface area contributed by atoms with E-state index in [0.29, 0.717) is 12.6 Å². The molecule has 23 heavy (non-hydrogen) atoms. The smallest absolute Gasteiger partial charge is 0.355 e. The monoisotopic (exact) mass is 363 g/mol. The number of aromatic nitrogens is 1. The van der Waals surface area contributed by atoms with Gasteiger partial charge in [-0.25, -0.2) is 4.79 Å². The lowest BCUT2D eigenvalue weighted by Gasteiger charge is -2.40. The van der Waals surface area contributed by atoms with E-state index < -0.39 is 37.9 Å². The summed E-state index contributed by atoms with van der Waals surface area (Å²) in [6, 6.07) is 0. The van der Waals surface area contributed by atoms with Gasteiger partial charge in [-0.2, -0.15) is 0 Å². The van der Waals surface area contributed by atoms with Gasteiger partial charge in [-0.05, 0) is 33.6 Å². The van der Waals surface area contributed by atoms with Crippen LogP contribution in [0.25, 0.3) is 0 Å². The van der Waals surface area contributed by atoms with Crippen LogP contribution >= 0.6 is 10.2 Å². The van der Waals surface area contributed by atoms with Gasteiger partial charge in [0.2, 0.25) is 0 Å². The summed E-state index contributed by atoms with van der Waals surface area (Å²) >= 11 is 0. The Labute approximate surface area is 132 Å². The van der Waals surface area contributed by atoms with Crippen LogP contribution in [-0.4, -0.2) is 17.6 Å². The molecule has 0 spiro atoms. The van der Waals surface area contributed by atoms with Gasteiger partial charge in [-0.1, -0.05) is 32.8 Å². The molecule has 0 amide bonds. The second kappa shape index (κ2) is 5.12. The molecule has 0 aliphatic carbocycles. The molecule has 1 aromatic rings. The highest BCUT2D eigenvalue weighted by molar-refractivity contribution is 8.45. The molecule has 0 saturated heterocycles. The number of esters is 1. The Morgan fingerprint density at radius 1 is 1.22 bits per heavy atom. The third-order valence-corrected chi connectivity index (χ3v) is 4.55. The first-order valence-corrected chi connectivity index (χ1v) is 9.05. The van der Waals surface area contributed by atoms with Crippen LogP contribution in [0.5, 0.6) is 0 Å². The number of halogens is 5. The van der Waals surface area contributed by atoms with Crippen LogP contribution in [0.3, 0.4) is 0 Å². The maximum atomic E-state index is 13.4. The van der Waals surface area contributed by atoms with Crippen molar-refractivity contribution in [1.82, 2.24) is 4.57 Å². The van der Waals surface area contributed by atoms with Crippen molar-refractivity contribution in [3.05, 3.63) is 17.5 Å². The molecule has 0 bridgehead atoms. The number of hydrogen-bond donors (Lipinski definition) is 0. The lowest BCUT2D eigenvalue weighted by atomic mass is 10.1. The summed E-state index contributed by atoms with van der Waals surface area (Å²) in [5, 5.41) is 0. The SMILES string of the molecule is CCCCc1c(S(F)(F)(F)(F)F)cn(C(C)(C)C)c1C(=O)OC. The van der Waals surface area contributed by atoms with Crippen LogP contribution in [0.1, 0.15) is 56.6 Å². The number of carbonyl (C=O) groups excluding carboxylic acids is 1. The Morgan fingerprint density at radius 2 is 1.74 bits per heavy atom. The summed E-state index contributed by atoms with van der Waals surface area (Å²) in [5.41, 5.74) is -2.14. The van der Waals surface area contributed by atoms with E-state index in [2.05, 4.69) is 4.74 Å². The molecule has 0 radical (unpaired) electrons. The van der Waals surface area contributed by atoms with Crippen molar-refractivity contribution < 1.29 is 29.0 Å². The number of methoxy groups -OCH3 is 1. The normalized spacial score (nSPS) is 15.9. The van der Waals surface area contributed by atoms with E-state index in [1.54, 1.807) is 6.92 Å². The third kappa shape index (κ3) is 4.39. The van der Waals surface area contributed by atoms with Gasteiger partial charge in [0, 0.05) is 17.3 Å². The largest absolute Gasteiger partial charge is 0.464 e. The molecule has 9 heteroatoms. The van der Waals surface area contributed by atoms with Crippen molar-refractivity contribution in [1.29, 1.82) is 0 Å². The molecule has 136 valence electrons. The molecule has 1 heterocycles. The van der Waals surface area contributed by atoms with Gasteiger partial charge >= 0.3 is 16.2 Å². The van der Waals surface area contributed by atoms with Crippen LogP contribution in [0.2, 0.25) is 0 Å². The summed E-state index contributed by atoms with van der Waals surface area (Å²) < 4.78 is 72.5. The van der Waals surface area contributed by atoms with Crippen LogP contribution in [0.4, 0.5) is 19.4 Å². The highest BCUT2D eigenvalue weighted by Crippen LogP contribution is 3.02. The number of carbonyl (C=O) groups is 1. The van der Waals surface area contributed by atoms with Crippen molar-refractivity contribution in [2.24, 2.45) is 0 Å². The summed E-state index contributed by atoms with van der Waals surface area (Å²) in [5.74, 6) is -1.06. The second-order valence-electron chi connectivity index (χ2n) is 6.43. The maximum absolute atomic E-state index is 13.4. The van der Waals surface area contributed by atoms with Crippen molar-refractivity contribution in [2.45, 2.75) is 57.4 Å². The molecular formula is C14H22F5NO2S. The minimum absolute atomic E-state index is 0.249. The predicted octanol–water partition coefficient (Wildman–Crippen LogP) is 6.03. The molecule has 0 aliphatic rings. The van der Waals surface area contributed by atoms with E-state index in [-0.39, 0.29) is 12.8 Å². The fourth-order valence-electron chi connectivity index (χ4n) is 2.30. The Kier molecular flexibility index (Phi) is 4.41. The molecule has 0 atom stereocenters. The van der Waals surface area contributed by atoms with Gasteiger partial charge in [0.25, 0.3) is 0 Å². The topological polar surface area (TPSA) is 31.2 Å². The van der Waals surface area contributed by atoms with Crippen LogP contribution in [0, 0.1) is 0 Å². The quantitative estimate of drug-likeness (QED) is 0.472.